The molecule has 2 N–H and O–H groups in total. The second-order valence-electron chi connectivity index (χ2n) is 5.38. The first-order valence-electron chi connectivity index (χ1n) is 7.40. The van der Waals surface area contributed by atoms with Crippen LogP contribution in [0.3, 0.4) is 0 Å². The van der Waals surface area contributed by atoms with Crippen molar-refractivity contribution >= 4 is 18.5 Å². The van der Waals surface area contributed by atoms with Crippen molar-refractivity contribution in [3.05, 3.63) is 29.8 Å². The molecule has 0 spiro atoms. The number of carbonyl (C=O) groups is 1. The Morgan fingerprint density at radius 2 is 2.00 bits per heavy atom. The zero-order valence-electron chi connectivity index (χ0n) is 12.0. The number of hydrogen-bond donors (Lipinski definition) is 2. The molecule has 0 atom stereocenters. The number of carbonyl (C=O) groups excluding carboxylic acids is 1. The summed E-state index contributed by atoms with van der Waals surface area (Å²) in [6, 6.07) is 6.93. The van der Waals surface area contributed by atoms with Gasteiger partial charge in [0.15, 0.2) is 0 Å². The summed E-state index contributed by atoms with van der Waals surface area (Å²) in [5, 5.41) is 18.4. The Kier molecular flexibility index (Phi) is 5.20. The molecule has 1 aliphatic carbocycles. The Labute approximate surface area is 120 Å². The molecule has 0 aliphatic heterocycles. The van der Waals surface area contributed by atoms with Crippen LogP contribution in [0.2, 0.25) is 0 Å². The highest BCUT2D eigenvalue weighted by Crippen LogP contribution is 2.23. The topological polar surface area (TPSA) is 60.8 Å². The number of nitrogens with zero attached hydrogens (tertiary/aromatic N) is 1. The summed E-state index contributed by atoms with van der Waals surface area (Å²) in [5.41, 5.74) is 0.888. The van der Waals surface area contributed by atoms with E-state index in [-0.39, 0.29) is 5.91 Å². The van der Waals surface area contributed by atoms with E-state index >= 15 is 0 Å². The van der Waals surface area contributed by atoms with Gasteiger partial charge in [-0.3, -0.25) is 4.79 Å². The maximum absolute atomic E-state index is 12.6. The molecule has 1 aromatic carbocycles. The first-order chi connectivity index (χ1) is 9.63. The van der Waals surface area contributed by atoms with Gasteiger partial charge in [-0.1, -0.05) is 31.4 Å². The van der Waals surface area contributed by atoms with E-state index in [0.29, 0.717) is 23.6 Å². The van der Waals surface area contributed by atoms with Gasteiger partial charge >= 0.3 is 7.12 Å². The van der Waals surface area contributed by atoms with E-state index < -0.39 is 7.12 Å². The first-order valence-corrected chi connectivity index (χ1v) is 7.40. The molecule has 5 heteroatoms. The number of benzene rings is 1. The first kappa shape index (κ1) is 15.1. The predicted octanol–water partition coefficient (Wildman–Crippen LogP) is 1.16. The molecule has 0 bridgehead atoms. The standard InChI is InChI=1S/C15H22BNO3/c1-2-17(14-9-4-3-5-10-14)15(18)12-7-6-8-13(11-12)16(19)20/h6-8,11,14,19-20H,2-5,9-10H2,1H3. The van der Waals surface area contributed by atoms with Crippen LogP contribution < -0.4 is 5.46 Å². The van der Waals surface area contributed by atoms with Crippen LogP contribution in [0.4, 0.5) is 0 Å². The smallest absolute Gasteiger partial charge is 0.423 e. The Morgan fingerprint density at radius 3 is 2.60 bits per heavy atom. The third-order valence-electron chi connectivity index (χ3n) is 4.05. The van der Waals surface area contributed by atoms with Gasteiger partial charge in [0.1, 0.15) is 0 Å². The van der Waals surface area contributed by atoms with Gasteiger partial charge in [-0.05, 0) is 37.4 Å². The molecule has 108 valence electrons. The lowest BCUT2D eigenvalue weighted by molar-refractivity contribution is 0.0648. The van der Waals surface area contributed by atoms with Gasteiger partial charge in [0.2, 0.25) is 0 Å². The van der Waals surface area contributed by atoms with E-state index in [2.05, 4.69) is 0 Å². The van der Waals surface area contributed by atoms with E-state index in [0.717, 1.165) is 12.8 Å². The molecule has 0 radical (unpaired) electrons. The molecule has 1 aliphatic rings. The van der Waals surface area contributed by atoms with Gasteiger partial charge in [0.25, 0.3) is 5.91 Å². The normalized spacial score (nSPS) is 15.9. The SMILES string of the molecule is CCN(C(=O)c1cccc(B(O)O)c1)C1CCCCC1. The molecule has 20 heavy (non-hydrogen) atoms. The van der Waals surface area contributed by atoms with Crippen LogP contribution >= 0.6 is 0 Å². The molecule has 0 heterocycles. The minimum Gasteiger partial charge on any atom is -0.423 e. The van der Waals surface area contributed by atoms with Crippen molar-refractivity contribution in [2.45, 2.75) is 45.1 Å². The van der Waals surface area contributed by atoms with Crippen LogP contribution in [0, 0.1) is 0 Å². The lowest BCUT2D eigenvalue weighted by Gasteiger charge is -2.33. The number of amides is 1. The average Bonchev–Trinajstić information content (AvgIpc) is 2.49. The second kappa shape index (κ2) is 6.91. The van der Waals surface area contributed by atoms with E-state index in [1.807, 2.05) is 11.8 Å². The zero-order valence-corrected chi connectivity index (χ0v) is 12.0. The molecule has 1 fully saturated rings. The van der Waals surface area contributed by atoms with Crippen molar-refractivity contribution in [1.29, 1.82) is 0 Å². The average molecular weight is 275 g/mol. The molecular weight excluding hydrogens is 253 g/mol. The Hall–Kier alpha value is -1.33. The van der Waals surface area contributed by atoms with Crippen molar-refractivity contribution in [2.75, 3.05) is 6.54 Å². The van der Waals surface area contributed by atoms with Crippen molar-refractivity contribution in [3.8, 4) is 0 Å². The summed E-state index contributed by atoms with van der Waals surface area (Å²) >= 11 is 0. The quantitative estimate of drug-likeness (QED) is 0.811. The van der Waals surface area contributed by atoms with E-state index in [1.54, 1.807) is 24.3 Å². The predicted molar refractivity (Wildman–Crippen MR) is 79.9 cm³/mol. The second-order valence-corrected chi connectivity index (χ2v) is 5.38. The van der Waals surface area contributed by atoms with Crippen LogP contribution in [0.15, 0.2) is 24.3 Å². The van der Waals surface area contributed by atoms with Gasteiger partial charge in [-0.2, -0.15) is 0 Å². The van der Waals surface area contributed by atoms with Crippen LogP contribution in [-0.2, 0) is 0 Å². The van der Waals surface area contributed by atoms with Crippen LogP contribution in [-0.4, -0.2) is 40.6 Å². The molecule has 2 rings (SSSR count). The molecule has 0 saturated heterocycles. The van der Waals surface area contributed by atoms with Gasteiger partial charge in [-0.25, -0.2) is 0 Å². The highest BCUT2D eigenvalue weighted by atomic mass is 16.4. The van der Waals surface area contributed by atoms with Crippen molar-refractivity contribution < 1.29 is 14.8 Å². The third-order valence-corrected chi connectivity index (χ3v) is 4.05. The summed E-state index contributed by atoms with van der Waals surface area (Å²) in [6.45, 7) is 2.69. The van der Waals surface area contributed by atoms with Gasteiger partial charge in [0, 0.05) is 18.2 Å². The Morgan fingerprint density at radius 1 is 1.30 bits per heavy atom. The highest BCUT2D eigenvalue weighted by Gasteiger charge is 2.25. The summed E-state index contributed by atoms with van der Waals surface area (Å²) in [4.78, 5) is 14.5. The molecular formula is C15H22BNO3. The van der Waals surface area contributed by atoms with Crippen molar-refractivity contribution in [1.82, 2.24) is 4.90 Å². The van der Waals surface area contributed by atoms with Crippen LogP contribution in [0.25, 0.3) is 0 Å². The van der Waals surface area contributed by atoms with Gasteiger partial charge in [-0.15, -0.1) is 0 Å². The van der Waals surface area contributed by atoms with E-state index in [4.69, 9.17) is 0 Å². The minimum absolute atomic E-state index is 0.0121. The summed E-state index contributed by atoms with van der Waals surface area (Å²) in [7, 11) is -1.53. The van der Waals surface area contributed by atoms with Crippen LogP contribution in [0.5, 0.6) is 0 Å². The fraction of sp³-hybridized carbons (Fsp3) is 0.533. The summed E-state index contributed by atoms with van der Waals surface area (Å²) in [5.74, 6) is -0.0121. The Balaban J connectivity index is 2.17. The molecule has 0 unspecified atom stereocenters. The minimum atomic E-state index is -1.53. The fourth-order valence-electron chi connectivity index (χ4n) is 2.96. The summed E-state index contributed by atoms with van der Waals surface area (Å²) in [6.07, 6.45) is 5.77. The van der Waals surface area contributed by atoms with Gasteiger partial charge < -0.3 is 14.9 Å². The molecule has 1 amide bonds. The van der Waals surface area contributed by atoms with Crippen molar-refractivity contribution in [3.63, 3.8) is 0 Å². The lowest BCUT2D eigenvalue weighted by Crippen LogP contribution is -2.42. The van der Waals surface area contributed by atoms with Crippen LogP contribution in [0.1, 0.15) is 49.4 Å². The molecule has 4 nitrogen and oxygen atoms in total. The maximum atomic E-state index is 12.6. The fourth-order valence-corrected chi connectivity index (χ4v) is 2.96. The maximum Gasteiger partial charge on any atom is 0.488 e. The number of rotatable bonds is 4. The molecule has 0 aromatic heterocycles. The molecule has 1 aromatic rings. The Bertz CT molecular complexity index is 458. The molecule has 1 saturated carbocycles. The van der Waals surface area contributed by atoms with Crippen molar-refractivity contribution in [2.24, 2.45) is 0 Å². The monoisotopic (exact) mass is 275 g/mol. The van der Waals surface area contributed by atoms with Gasteiger partial charge in [0.05, 0.1) is 0 Å². The zero-order chi connectivity index (χ0) is 14.5. The largest absolute Gasteiger partial charge is 0.488 e. The lowest BCUT2D eigenvalue weighted by atomic mass is 9.79. The van der Waals surface area contributed by atoms with E-state index in [1.165, 1.54) is 19.3 Å². The highest BCUT2D eigenvalue weighted by molar-refractivity contribution is 6.58. The van der Waals surface area contributed by atoms with E-state index in [9.17, 15) is 14.8 Å². The third kappa shape index (κ3) is 3.41. The summed E-state index contributed by atoms with van der Waals surface area (Å²) < 4.78 is 0. The number of hydrogen-bond acceptors (Lipinski definition) is 3.